The first kappa shape index (κ1) is 43.7. The summed E-state index contributed by atoms with van der Waals surface area (Å²) in [5.41, 5.74) is 3.10. The number of allylic oxidation sites excluding steroid dienone is 1. The van der Waals surface area contributed by atoms with Crippen molar-refractivity contribution in [1.29, 1.82) is 15.8 Å². The quantitative estimate of drug-likeness (QED) is 0.0689. The molecule has 0 saturated carbocycles. The Bertz CT molecular complexity index is 1480. The van der Waals surface area contributed by atoms with Gasteiger partial charge in [0.1, 0.15) is 12.5 Å². The van der Waals surface area contributed by atoms with Crippen molar-refractivity contribution in [2.75, 3.05) is 20.3 Å². The molecule has 0 spiro atoms. The van der Waals surface area contributed by atoms with Crippen LogP contribution in [-0.2, 0) is 4.43 Å². The van der Waals surface area contributed by atoms with Crippen molar-refractivity contribution in [1.82, 2.24) is 5.01 Å². The van der Waals surface area contributed by atoms with Gasteiger partial charge < -0.3 is 25.2 Å². The Labute approximate surface area is 334 Å². The largest absolute Gasteiger partial charge is 1.00 e. The van der Waals surface area contributed by atoms with Crippen molar-refractivity contribution >= 4 is 52.5 Å². The van der Waals surface area contributed by atoms with Gasteiger partial charge in [-0.15, -0.1) is 10.2 Å². The number of halogens is 1. The van der Waals surface area contributed by atoms with Crippen molar-refractivity contribution in [2.45, 2.75) is 30.6 Å². The number of amides is 1. The number of methoxy groups -OCH3 is 1. The van der Waals surface area contributed by atoms with E-state index in [4.69, 9.17) is 35.9 Å². The minimum atomic E-state index is -0.336. The normalized spacial score (nSPS) is 10.9. The van der Waals surface area contributed by atoms with Crippen molar-refractivity contribution in [3.05, 3.63) is 69.4 Å². The standard InChI is InChI=1S/C24H22IN6O3.C3H2N2.CH3NO.K.Na/c1-3-34-23-12-16(6-9-22(23)33-2)21-5-4-10-31(30-21)24(32)20-8-7-18(11-17(20)13-25)28-29-19(14-26)15-27;4-2-1-3-5;1-2-3;;/h6-9,11-12H,3-5,10,13H2,1-2H3;1H2;3H,1H2;;/q-1;;;2*+1/p-1. The minimum Gasteiger partial charge on any atom is -0.793 e. The summed E-state index contributed by atoms with van der Waals surface area (Å²) in [7, 11) is 1.59. The first-order chi connectivity index (χ1) is 20.4. The number of azo groups is 1. The molecule has 1 heterocycles. The van der Waals surface area contributed by atoms with Crippen LogP contribution < -0.4 is 90.4 Å². The summed E-state index contributed by atoms with van der Waals surface area (Å²) in [6.45, 7) is 5.49. The molecule has 16 heteroatoms. The molecule has 0 unspecified atom stereocenters. The topological polar surface area (TPSA) is 205 Å². The van der Waals surface area contributed by atoms with Crippen molar-refractivity contribution in [3.63, 3.8) is 0 Å². The molecule has 0 N–H and O–H groups in total. The average Bonchev–Trinajstić information content (AvgIpc) is 3.02. The van der Waals surface area contributed by atoms with E-state index in [-0.39, 0.29) is 99.0 Å². The number of benzene rings is 2. The van der Waals surface area contributed by atoms with E-state index in [0.717, 1.165) is 29.7 Å². The van der Waals surface area contributed by atoms with Gasteiger partial charge in [-0.1, -0.05) is 22.6 Å². The zero-order chi connectivity index (χ0) is 31.3. The van der Waals surface area contributed by atoms with Gasteiger partial charge in [-0.3, -0.25) is 4.79 Å². The number of nitriles is 3. The van der Waals surface area contributed by atoms with Crippen LogP contribution in [0.4, 0.5) is 5.69 Å². The molecular weight excluding hydrogens is 715 g/mol. The Morgan fingerprint density at radius 1 is 1.20 bits per heavy atom. The molecule has 0 fully saturated rings. The molecule has 13 nitrogen and oxygen atoms in total. The molecule has 0 bridgehead atoms. The molecule has 1 aliphatic rings. The number of ether oxygens (including phenoxy) is 2. The number of hydrogen-bond acceptors (Lipinski definition) is 11. The molecule has 0 aliphatic carbocycles. The van der Waals surface area contributed by atoms with Gasteiger partial charge in [-0.25, -0.2) is 10.9 Å². The molecule has 2 aromatic carbocycles. The average molecular weight is 742 g/mol. The monoisotopic (exact) mass is 741 g/mol. The van der Waals surface area contributed by atoms with Crippen LogP contribution in [0, 0.1) is 39.2 Å². The fourth-order valence-corrected chi connectivity index (χ4v) is 4.06. The predicted molar refractivity (Wildman–Crippen MR) is 166 cm³/mol. The predicted octanol–water partition coefficient (Wildman–Crippen LogP) is 0.0159. The second kappa shape index (κ2) is 25.8. The molecule has 0 saturated heterocycles. The maximum atomic E-state index is 13.3. The number of rotatable bonds is 8. The van der Waals surface area contributed by atoms with E-state index in [0.29, 0.717) is 40.3 Å². The fraction of sp³-hybridized carbons (Fsp3) is 0.286. The Kier molecular flexibility index (Phi) is 25.6. The second-order valence-corrected chi connectivity index (χ2v) is 8.51. The fourth-order valence-electron chi connectivity index (χ4n) is 3.43. The molecule has 1 amide bonds. The molecule has 2 aromatic rings. The van der Waals surface area contributed by atoms with E-state index in [9.17, 15) is 4.79 Å². The van der Waals surface area contributed by atoms with E-state index in [1.807, 2.05) is 30.3 Å². The first-order valence-electron chi connectivity index (χ1n) is 12.2. The van der Waals surface area contributed by atoms with E-state index in [2.05, 4.69) is 44.6 Å². The maximum Gasteiger partial charge on any atom is 1.00 e. The third-order valence-electron chi connectivity index (χ3n) is 5.15. The van der Waals surface area contributed by atoms with Crippen LogP contribution in [-0.4, -0.2) is 49.5 Å². The number of hydrazone groups is 1. The van der Waals surface area contributed by atoms with Crippen LogP contribution in [0.15, 0.2) is 62.6 Å². The second-order valence-electron chi connectivity index (χ2n) is 7.75. The molecule has 1 aliphatic heterocycles. The van der Waals surface area contributed by atoms with Crippen molar-refractivity contribution in [2.24, 2.45) is 20.5 Å². The molecule has 0 atom stereocenters. The summed E-state index contributed by atoms with van der Waals surface area (Å²) < 4.78 is 11.6. The van der Waals surface area contributed by atoms with Crippen LogP contribution in [0.5, 0.6) is 11.5 Å². The number of carbonyl (C=O) groups excluding carboxylic acids is 1. The summed E-state index contributed by atoms with van der Waals surface area (Å²) in [5, 5.41) is 56.9. The SMILES string of the molecule is C=N[O-].CCOc1cc(C2=NN(C(=O)c3ccc(N=NC(=C=[N-])C#N)cc3CI)CCC2)ccc1OC.N#CCC#N.[K+].[Na+]. The number of alkyl halides is 1. The molecule has 216 valence electrons. The van der Waals surface area contributed by atoms with Gasteiger partial charge in [0.15, 0.2) is 17.2 Å². The molecular formula is C28H26IKN9NaO4. The van der Waals surface area contributed by atoms with E-state index in [1.54, 1.807) is 49.4 Å². The third kappa shape index (κ3) is 14.5. The smallest absolute Gasteiger partial charge is 0.793 e. The summed E-state index contributed by atoms with van der Waals surface area (Å²) in [6.07, 6.45) is 1.53. The van der Waals surface area contributed by atoms with Crippen LogP contribution in [0.2, 0.25) is 0 Å². The van der Waals surface area contributed by atoms with Gasteiger partial charge in [0, 0.05) is 22.1 Å². The third-order valence-corrected chi connectivity index (χ3v) is 5.98. The summed E-state index contributed by atoms with van der Waals surface area (Å²) >= 11 is 2.17. The Balaban J connectivity index is 0. The number of hydrogen-bond donors (Lipinski definition) is 0. The van der Waals surface area contributed by atoms with Gasteiger partial charge in [-0.05, 0) is 68.4 Å². The zero-order valence-corrected chi connectivity index (χ0v) is 32.2. The maximum absolute atomic E-state index is 13.3. The Morgan fingerprint density at radius 2 is 1.89 bits per heavy atom. The van der Waals surface area contributed by atoms with Crippen LogP contribution >= 0.6 is 22.6 Å². The summed E-state index contributed by atoms with van der Waals surface area (Å²) in [4.78, 5) is 13.3. The van der Waals surface area contributed by atoms with Gasteiger partial charge in [0.25, 0.3) is 5.91 Å². The van der Waals surface area contributed by atoms with Crippen molar-refractivity contribution < 1.29 is 95.2 Å². The summed E-state index contributed by atoms with van der Waals surface area (Å²) in [5.74, 6) is 2.74. The molecule has 3 rings (SSSR count). The van der Waals surface area contributed by atoms with Gasteiger partial charge in [0.2, 0.25) is 0 Å². The van der Waals surface area contributed by atoms with Crippen LogP contribution in [0.25, 0.3) is 5.41 Å². The molecule has 44 heavy (non-hydrogen) atoms. The molecule has 0 radical (unpaired) electrons. The van der Waals surface area contributed by atoms with Crippen LogP contribution in [0.1, 0.15) is 47.7 Å². The number of carbonyl (C=O) groups is 1. The van der Waals surface area contributed by atoms with E-state index < -0.39 is 0 Å². The van der Waals surface area contributed by atoms with Gasteiger partial charge in [0.05, 0.1) is 37.3 Å². The van der Waals surface area contributed by atoms with Gasteiger partial charge >= 0.3 is 80.9 Å². The molecule has 0 aromatic heterocycles. The van der Waals surface area contributed by atoms with Crippen molar-refractivity contribution in [3.8, 4) is 29.7 Å². The zero-order valence-electron chi connectivity index (χ0n) is 24.9. The van der Waals surface area contributed by atoms with Gasteiger partial charge in [-0.2, -0.15) is 20.9 Å². The van der Waals surface area contributed by atoms with Crippen LogP contribution in [0.3, 0.4) is 0 Å². The minimum absolute atomic E-state index is 0. The Morgan fingerprint density at radius 3 is 2.41 bits per heavy atom. The number of nitrogens with zero attached hydrogens (tertiary/aromatic N) is 9. The van der Waals surface area contributed by atoms with E-state index >= 15 is 0 Å². The first-order valence-corrected chi connectivity index (χ1v) is 13.7. The summed E-state index contributed by atoms with van der Waals surface area (Å²) in [6, 6.07) is 15.6. The Hall–Kier alpha value is -2.46. The van der Waals surface area contributed by atoms with E-state index in [1.165, 1.54) is 5.01 Å².